The van der Waals surface area contributed by atoms with Crippen LogP contribution in [0.2, 0.25) is 0 Å². The summed E-state index contributed by atoms with van der Waals surface area (Å²) in [6, 6.07) is 0. The van der Waals surface area contributed by atoms with Crippen molar-refractivity contribution in [2.45, 2.75) is 0 Å². The van der Waals surface area contributed by atoms with E-state index in [1.165, 1.54) is 0 Å². The van der Waals surface area contributed by atoms with E-state index in [1.54, 1.807) is 0 Å². The normalized spacial score (nSPS) is 14.3. The highest BCUT2D eigenvalue weighted by molar-refractivity contribution is 6.02. The molecule has 68 valence electrons. The first-order valence-corrected chi connectivity index (χ1v) is 3.46. The zero-order valence-electron chi connectivity index (χ0n) is 6.36. The van der Waals surface area contributed by atoms with Crippen LogP contribution in [0.3, 0.4) is 0 Å². The molecule has 6 nitrogen and oxygen atoms in total. The predicted molar refractivity (Wildman–Crippen MR) is 39.8 cm³/mol. The van der Waals surface area contributed by atoms with Crippen molar-refractivity contribution in [2.75, 3.05) is 11.9 Å². The molecule has 1 aliphatic heterocycles. The van der Waals surface area contributed by atoms with Gasteiger partial charge in [0.1, 0.15) is 12.0 Å². The van der Waals surface area contributed by atoms with Crippen molar-refractivity contribution in [3.63, 3.8) is 0 Å². The Balaban J connectivity index is 2.46. The summed E-state index contributed by atoms with van der Waals surface area (Å²) in [7, 11) is 0. The molecule has 2 N–H and O–H groups in total. The number of carbonyl (C=O) groups excluding carboxylic acids is 1. The van der Waals surface area contributed by atoms with Gasteiger partial charge in [0.2, 0.25) is 5.76 Å². The zero-order chi connectivity index (χ0) is 9.42. The van der Waals surface area contributed by atoms with E-state index in [0.29, 0.717) is 0 Å². The Bertz CT molecular complexity index is 380. The van der Waals surface area contributed by atoms with Crippen LogP contribution in [0.5, 0.6) is 5.75 Å². The third-order valence-electron chi connectivity index (χ3n) is 1.57. The molecule has 2 rings (SSSR count). The molecule has 0 radical (unpaired) electrons. The van der Waals surface area contributed by atoms with Crippen LogP contribution in [-0.4, -0.2) is 23.6 Å². The molecule has 13 heavy (non-hydrogen) atoms. The number of amides is 1. The second-order valence-electron chi connectivity index (χ2n) is 2.45. The number of furan rings is 1. The van der Waals surface area contributed by atoms with Gasteiger partial charge < -0.3 is 19.6 Å². The van der Waals surface area contributed by atoms with E-state index in [-0.39, 0.29) is 23.8 Å². The number of rotatable bonds is 1. The molecule has 0 saturated heterocycles. The minimum absolute atomic E-state index is 0.0868. The number of hydrogen-bond donors (Lipinski definition) is 2. The van der Waals surface area contributed by atoms with E-state index >= 15 is 0 Å². The van der Waals surface area contributed by atoms with Crippen molar-refractivity contribution in [3.8, 4) is 5.75 Å². The molecule has 1 aromatic heterocycles. The van der Waals surface area contributed by atoms with Gasteiger partial charge in [-0.3, -0.25) is 4.79 Å². The second kappa shape index (κ2) is 2.51. The Hall–Kier alpha value is -1.98. The lowest BCUT2D eigenvalue weighted by Crippen LogP contribution is -2.25. The van der Waals surface area contributed by atoms with Gasteiger partial charge in [-0.15, -0.1) is 0 Å². The Morgan fingerprint density at radius 3 is 3.08 bits per heavy atom. The van der Waals surface area contributed by atoms with Crippen LogP contribution in [-0.2, 0) is 4.79 Å². The minimum Gasteiger partial charge on any atom is -0.478 e. The quantitative estimate of drug-likeness (QED) is 0.653. The standard InChI is InChI=1S/C7H5NO5/c9-4-2-12-3-1-13-6(7(10)11)5(3)8-4/h1H,2H2,(H,8,9)(H,10,11). The zero-order valence-corrected chi connectivity index (χ0v) is 6.36. The first kappa shape index (κ1) is 7.66. The molecule has 0 bridgehead atoms. The van der Waals surface area contributed by atoms with Crippen molar-refractivity contribution >= 4 is 17.6 Å². The van der Waals surface area contributed by atoms with Crippen LogP contribution in [0.25, 0.3) is 0 Å². The molecule has 0 atom stereocenters. The molecular weight excluding hydrogens is 178 g/mol. The number of fused-ring (bicyclic) bond motifs is 1. The lowest BCUT2D eigenvalue weighted by molar-refractivity contribution is -0.118. The van der Waals surface area contributed by atoms with Gasteiger partial charge in [0.15, 0.2) is 12.4 Å². The Labute approximate surface area is 72.1 Å². The highest BCUT2D eigenvalue weighted by Crippen LogP contribution is 2.32. The van der Waals surface area contributed by atoms with Gasteiger partial charge in [0, 0.05) is 0 Å². The van der Waals surface area contributed by atoms with Crippen LogP contribution in [0.1, 0.15) is 10.6 Å². The van der Waals surface area contributed by atoms with Crippen molar-refractivity contribution in [1.82, 2.24) is 0 Å². The van der Waals surface area contributed by atoms with Crippen molar-refractivity contribution in [1.29, 1.82) is 0 Å². The monoisotopic (exact) mass is 183 g/mol. The number of aromatic carboxylic acids is 1. The topological polar surface area (TPSA) is 88.8 Å². The molecule has 0 unspecified atom stereocenters. The van der Waals surface area contributed by atoms with E-state index in [1.807, 2.05) is 0 Å². The largest absolute Gasteiger partial charge is 0.478 e. The lowest BCUT2D eigenvalue weighted by Gasteiger charge is -2.12. The minimum atomic E-state index is -1.24. The highest BCUT2D eigenvalue weighted by atomic mass is 16.5. The lowest BCUT2D eigenvalue weighted by atomic mass is 10.3. The molecule has 0 spiro atoms. The van der Waals surface area contributed by atoms with Crippen molar-refractivity contribution in [2.24, 2.45) is 0 Å². The van der Waals surface area contributed by atoms with Gasteiger partial charge in [-0.05, 0) is 0 Å². The van der Waals surface area contributed by atoms with Gasteiger partial charge >= 0.3 is 5.97 Å². The fourth-order valence-electron chi connectivity index (χ4n) is 1.04. The highest BCUT2D eigenvalue weighted by Gasteiger charge is 2.26. The van der Waals surface area contributed by atoms with Crippen LogP contribution in [0, 0.1) is 0 Å². The smallest absolute Gasteiger partial charge is 0.374 e. The molecule has 1 aromatic rings. The summed E-state index contributed by atoms with van der Waals surface area (Å²) in [5, 5.41) is 11.0. The molecular formula is C7H5NO5. The third-order valence-corrected chi connectivity index (χ3v) is 1.57. The molecule has 0 aliphatic carbocycles. The second-order valence-corrected chi connectivity index (χ2v) is 2.45. The molecule has 2 heterocycles. The number of carboxylic acid groups (broad SMARTS) is 1. The van der Waals surface area contributed by atoms with Crippen molar-refractivity contribution in [3.05, 3.63) is 12.0 Å². The van der Waals surface area contributed by atoms with Gasteiger partial charge in [0.05, 0.1) is 0 Å². The summed E-state index contributed by atoms with van der Waals surface area (Å²) in [6.45, 7) is -0.119. The fraction of sp³-hybridized carbons (Fsp3) is 0.143. The van der Waals surface area contributed by atoms with E-state index < -0.39 is 11.9 Å². The van der Waals surface area contributed by atoms with Gasteiger partial charge in [-0.25, -0.2) is 4.79 Å². The number of ether oxygens (including phenoxy) is 1. The molecule has 1 amide bonds. The van der Waals surface area contributed by atoms with E-state index in [0.717, 1.165) is 6.26 Å². The first-order chi connectivity index (χ1) is 6.18. The number of carbonyl (C=O) groups is 2. The van der Waals surface area contributed by atoms with Crippen molar-refractivity contribution < 1.29 is 23.8 Å². The maximum atomic E-state index is 10.8. The molecule has 1 aliphatic rings. The average Bonchev–Trinajstić information content (AvgIpc) is 2.46. The maximum Gasteiger partial charge on any atom is 0.374 e. The van der Waals surface area contributed by atoms with E-state index in [4.69, 9.17) is 9.84 Å². The van der Waals surface area contributed by atoms with Crippen LogP contribution in [0.4, 0.5) is 5.69 Å². The first-order valence-electron chi connectivity index (χ1n) is 3.46. The summed E-state index contributed by atoms with van der Waals surface area (Å²) < 4.78 is 9.59. The number of anilines is 1. The Kier molecular flexibility index (Phi) is 1.48. The van der Waals surface area contributed by atoms with E-state index in [9.17, 15) is 9.59 Å². The van der Waals surface area contributed by atoms with Crippen LogP contribution < -0.4 is 10.1 Å². The molecule has 6 heteroatoms. The summed E-state index contributed by atoms with van der Waals surface area (Å²) in [4.78, 5) is 21.4. The summed E-state index contributed by atoms with van der Waals surface area (Å²) in [6.07, 6.45) is 1.15. The van der Waals surface area contributed by atoms with Crippen LogP contribution >= 0.6 is 0 Å². The fourth-order valence-corrected chi connectivity index (χ4v) is 1.04. The molecule has 0 fully saturated rings. The average molecular weight is 183 g/mol. The van der Waals surface area contributed by atoms with Gasteiger partial charge in [-0.1, -0.05) is 0 Å². The summed E-state index contributed by atoms with van der Waals surface area (Å²) in [5.74, 6) is -1.71. The van der Waals surface area contributed by atoms with Crippen LogP contribution in [0.15, 0.2) is 10.7 Å². The Morgan fingerprint density at radius 2 is 2.38 bits per heavy atom. The molecule has 0 aromatic carbocycles. The number of hydrogen-bond acceptors (Lipinski definition) is 4. The third kappa shape index (κ3) is 1.12. The summed E-state index contributed by atoms with van der Waals surface area (Å²) in [5.41, 5.74) is 0.0868. The SMILES string of the molecule is O=C1COc2coc(C(=O)O)c2N1. The number of nitrogens with one attached hydrogen (secondary N) is 1. The summed E-state index contributed by atoms with van der Waals surface area (Å²) >= 11 is 0. The predicted octanol–water partition coefficient (Wildman–Crippen LogP) is 0.309. The number of carboxylic acids is 1. The maximum absolute atomic E-state index is 10.8. The molecule has 0 saturated carbocycles. The Morgan fingerprint density at radius 1 is 1.62 bits per heavy atom. The van der Waals surface area contributed by atoms with Gasteiger partial charge in [0.25, 0.3) is 5.91 Å². The van der Waals surface area contributed by atoms with E-state index in [2.05, 4.69) is 9.73 Å². The van der Waals surface area contributed by atoms with Gasteiger partial charge in [-0.2, -0.15) is 0 Å².